The number of imidazole rings is 1. The van der Waals surface area contributed by atoms with Crippen molar-refractivity contribution in [3.8, 4) is 11.1 Å². The van der Waals surface area contributed by atoms with E-state index < -0.39 is 43.1 Å². The molecule has 164 valence electrons. The molecular weight excluding hydrogens is 418 g/mol. The van der Waals surface area contributed by atoms with Gasteiger partial charge in [0.25, 0.3) is 5.91 Å². The standard InChI is InChI=1S/C21H19F4N3O3/c22-18-14(10-29)2-1-3-15(18)13-4-5-17-26-16(9-28(17)8-13)19(31)27-7-6-20(11-27,12-30)21(23,24)25/h1-5,8-9,29-30H,6-7,10-12H2. The molecule has 1 aliphatic heterocycles. The lowest BCUT2D eigenvalue weighted by Crippen LogP contribution is -2.44. The van der Waals surface area contributed by atoms with Crippen molar-refractivity contribution >= 4 is 11.6 Å². The molecule has 1 saturated heterocycles. The average Bonchev–Trinajstić information content (AvgIpc) is 3.37. The summed E-state index contributed by atoms with van der Waals surface area (Å²) in [6, 6.07) is 7.79. The third-order valence-electron chi connectivity index (χ3n) is 5.78. The number of hydrogen-bond acceptors (Lipinski definition) is 4. The van der Waals surface area contributed by atoms with Crippen molar-refractivity contribution in [1.29, 1.82) is 0 Å². The summed E-state index contributed by atoms with van der Waals surface area (Å²) >= 11 is 0. The Morgan fingerprint density at radius 2 is 1.94 bits per heavy atom. The van der Waals surface area contributed by atoms with Crippen molar-refractivity contribution in [2.24, 2.45) is 5.41 Å². The second kappa shape index (κ2) is 7.61. The fourth-order valence-electron chi connectivity index (χ4n) is 3.84. The Morgan fingerprint density at radius 1 is 1.16 bits per heavy atom. The van der Waals surface area contributed by atoms with Crippen LogP contribution in [0, 0.1) is 11.2 Å². The molecule has 6 nitrogen and oxygen atoms in total. The van der Waals surface area contributed by atoms with Crippen LogP contribution in [-0.2, 0) is 6.61 Å². The van der Waals surface area contributed by atoms with Crippen LogP contribution in [-0.4, -0.2) is 56.3 Å². The zero-order chi connectivity index (χ0) is 22.4. The molecule has 4 rings (SSSR count). The van der Waals surface area contributed by atoms with E-state index in [-0.39, 0.29) is 29.8 Å². The number of rotatable bonds is 4. The van der Waals surface area contributed by atoms with Gasteiger partial charge in [-0.15, -0.1) is 0 Å². The van der Waals surface area contributed by atoms with Gasteiger partial charge in [-0.3, -0.25) is 4.79 Å². The van der Waals surface area contributed by atoms with Crippen LogP contribution < -0.4 is 0 Å². The number of nitrogens with zero attached hydrogens (tertiary/aromatic N) is 3. The highest BCUT2D eigenvalue weighted by Crippen LogP contribution is 2.45. The molecule has 10 heteroatoms. The Morgan fingerprint density at radius 3 is 2.58 bits per heavy atom. The van der Waals surface area contributed by atoms with Gasteiger partial charge < -0.3 is 19.5 Å². The minimum absolute atomic E-state index is 0.0438. The highest BCUT2D eigenvalue weighted by atomic mass is 19.4. The lowest BCUT2D eigenvalue weighted by molar-refractivity contribution is -0.229. The lowest BCUT2D eigenvalue weighted by Gasteiger charge is -2.29. The van der Waals surface area contributed by atoms with Crippen molar-refractivity contribution in [2.75, 3.05) is 19.7 Å². The van der Waals surface area contributed by atoms with E-state index in [4.69, 9.17) is 0 Å². The number of carbonyl (C=O) groups excluding carboxylic acids is 1. The first kappa shape index (κ1) is 21.3. The van der Waals surface area contributed by atoms with Crippen LogP contribution in [0.4, 0.5) is 17.6 Å². The molecule has 31 heavy (non-hydrogen) atoms. The number of fused-ring (bicyclic) bond motifs is 1. The number of amides is 1. The molecule has 2 aromatic heterocycles. The maximum absolute atomic E-state index is 14.5. The Hall–Kier alpha value is -2.98. The van der Waals surface area contributed by atoms with Crippen LogP contribution in [0.2, 0.25) is 0 Å². The number of pyridine rings is 1. The fourth-order valence-corrected chi connectivity index (χ4v) is 3.84. The van der Waals surface area contributed by atoms with Crippen LogP contribution >= 0.6 is 0 Å². The van der Waals surface area contributed by atoms with Gasteiger partial charge >= 0.3 is 6.18 Å². The van der Waals surface area contributed by atoms with E-state index in [0.717, 1.165) is 4.90 Å². The third kappa shape index (κ3) is 3.55. The normalized spacial score (nSPS) is 19.4. The summed E-state index contributed by atoms with van der Waals surface area (Å²) in [5, 5.41) is 18.6. The Kier molecular flexibility index (Phi) is 5.22. The predicted octanol–water partition coefficient (Wildman–Crippen LogP) is 3.02. The maximum atomic E-state index is 14.5. The number of aromatic nitrogens is 2. The number of aliphatic hydroxyl groups excluding tert-OH is 2. The molecule has 0 bridgehead atoms. The SMILES string of the molecule is O=C(c1cn2cc(-c3cccc(CO)c3F)ccc2n1)N1CCC(CO)(C(F)(F)F)C1. The van der Waals surface area contributed by atoms with Gasteiger partial charge in [-0.05, 0) is 18.6 Å². The summed E-state index contributed by atoms with van der Waals surface area (Å²) in [7, 11) is 0. The van der Waals surface area contributed by atoms with Gasteiger partial charge in [0.05, 0.1) is 13.2 Å². The quantitative estimate of drug-likeness (QED) is 0.616. The first-order valence-electron chi connectivity index (χ1n) is 9.53. The minimum atomic E-state index is -4.63. The van der Waals surface area contributed by atoms with Crippen LogP contribution in [0.1, 0.15) is 22.5 Å². The second-order valence-electron chi connectivity index (χ2n) is 7.66. The second-order valence-corrected chi connectivity index (χ2v) is 7.66. The van der Waals surface area contributed by atoms with Gasteiger partial charge in [-0.2, -0.15) is 13.2 Å². The number of hydrogen-bond donors (Lipinski definition) is 2. The number of benzene rings is 1. The fraction of sp³-hybridized carbons (Fsp3) is 0.333. The Balaban J connectivity index is 1.63. The van der Waals surface area contributed by atoms with Crippen LogP contribution in [0.5, 0.6) is 0 Å². The predicted molar refractivity (Wildman–Crippen MR) is 103 cm³/mol. The van der Waals surface area contributed by atoms with E-state index >= 15 is 0 Å². The van der Waals surface area contributed by atoms with Gasteiger partial charge in [-0.25, -0.2) is 9.37 Å². The molecule has 2 N–H and O–H groups in total. The molecule has 0 spiro atoms. The number of alkyl halides is 3. The Labute approximate surface area is 174 Å². The molecule has 0 saturated carbocycles. The molecule has 1 aromatic carbocycles. The first-order chi connectivity index (χ1) is 14.7. The maximum Gasteiger partial charge on any atom is 0.398 e. The van der Waals surface area contributed by atoms with E-state index in [2.05, 4.69) is 4.98 Å². The first-order valence-corrected chi connectivity index (χ1v) is 9.53. The molecule has 1 fully saturated rings. The summed E-state index contributed by atoms with van der Waals surface area (Å²) in [5.74, 6) is -1.23. The molecule has 0 aliphatic carbocycles. The smallest absolute Gasteiger partial charge is 0.395 e. The van der Waals surface area contributed by atoms with E-state index in [1.165, 1.54) is 16.7 Å². The van der Waals surface area contributed by atoms with Crippen molar-refractivity contribution in [2.45, 2.75) is 19.2 Å². The van der Waals surface area contributed by atoms with Crippen molar-refractivity contribution in [3.05, 3.63) is 59.8 Å². The largest absolute Gasteiger partial charge is 0.398 e. The van der Waals surface area contributed by atoms with Gasteiger partial charge in [-0.1, -0.05) is 18.2 Å². The summed E-state index contributed by atoms with van der Waals surface area (Å²) in [4.78, 5) is 18.0. The molecular formula is C21H19F4N3O3. The zero-order valence-corrected chi connectivity index (χ0v) is 16.2. The van der Waals surface area contributed by atoms with Gasteiger partial charge in [0, 0.05) is 42.2 Å². The average molecular weight is 437 g/mol. The van der Waals surface area contributed by atoms with E-state index in [1.807, 2.05) is 0 Å². The molecule has 1 amide bonds. The molecule has 3 aromatic rings. The van der Waals surface area contributed by atoms with Gasteiger partial charge in [0.15, 0.2) is 0 Å². The third-order valence-corrected chi connectivity index (χ3v) is 5.78. The number of likely N-dealkylation sites (tertiary alicyclic amines) is 1. The lowest BCUT2D eigenvalue weighted by atomic mass is 9.87. The molecule has 1 aliphatic rings. The number of carbonyl (C=O) groups is 1. The number of aliphatic hydroxyl groups is 2. The highest BCUT2D eigenvalue weighted by molar-refractivity contribution is 5.93. The van der Waals surface area contributed by atoms with E-state index in [1.54, 1.807) is 30.5 Å². The number of halogens is 4. The molecule has 0 radical (unpaired) electrons. The summed E-state index contributed by atoms with van der Waals surface area (Å²) in [5.41, 5.74) is -1.12. The van der Waals surface area contributed by atoms with E-state index in [0.29, 0.717) is 11.2 Å². The van der Waals surface area contributed by atoms with Crippen molar-refractivity contribution in [1.82, 2.24) is 14.3 Å². The van der Waals surface area contributed by atoms with Gasteiger partial charge in [0.2, 0.25) is 0 Å². The summed E-state index contributed by atoms with van der Waals surface area (Å²) < 4.78 is 56.1. The molecule has 1 unspecified atom stereocenters. The Bertz CT molecular complexity index is 1140. The van der Waals surface area contributed by atoms with E-state index in [9.17, 15) is 32.6 Å². The summed E-state index contributed by atoms with van der Waals surface area (Å²) in [6.07, 6.45) is -2.08. The van der Waals surface area contributed by atoms with Crippen LogP contribution in [0.15, 0.2) is 42.7 Å². The molecule has 3 heterocycles. The monoisotopic (exact) mass is 437 g/mol. The highest BCUT2D eigenvalue weighted by Gasteiger charge is 2.58. The van der Waals surface area contributed by atoms with Gasteiger partial charge in [0.1, 0.15) is 22.6 Å². The zero-order valence-electron chi connectivity index (χ0n) is 16.2. The summed E-state index contributed by atoms with van der Waals surface area (Å²) in [6.45, 7) is -2.32. The molecule has 1 atom stereocenters. The van der Waals surface area contributed by atoms with Crippen molar-refractivity contribution < 1.29 is 32.6 Å². The van der Waals surface area contributed by atoms with Crippen LogP contribution in [0.3, 0.4) is 0 Å². The minimum Gasteiger partial charge on any atom is -0.395 e. The van der Waals surface area contributed by atoms with Crippen molar-refractivity contribution in [3.63, 3.8) is 0 Å². The van der Waals surface area contributed by atoms with Crippen LogP contribution in [0.25, 0.3) is 16.8 Å². The topological polar surface area (TPSA) is 78.1 Å².